The minimum absolute atomic E-state index is 0. The summed E-state index contributed by atoms with van der Waals surface area (Å²) in [5.74, 6) is 0. The molecule has 1 heterocycles. The second kappa shape index (κ2) is 16.1. The number of hydrogen-bond acceptors (Lipinski definition) is 0. The zero-order valence-corrected chi connectivity index (χ0v) is 14.7. The molecule has 0 nitrogen and oxygen atoms in total. The molecule has 1 aliphatic carbocycles. The average Bonchev–Trinajstić information content (AvgIpc) is 2.67. The van der Waals surface area contributed by atoms with E-state index in [0.29, 0.717) is 26.9 Å². The molecule has 0 aromatic rings. The first-order chi connectivity index (χ1) is 5.00. The molecule has 1 unspecified atom stereocenters. The van der Waals surface area contributed by atoms with E-state index in [2.05, 4.69) is 27.9 Å². The molecule has 0 fully saturated rings. The van der Waals surface area contributed by atoms with Gasteiger partial charge < -0.3 is 24.8 Å². The Kier molecular flexibility index (Phi) is 24.9. The van der Waals surface area contributed by atoms with E-state index in [1.165, 1.54) is 0 Å². The number of rotatable bonds is 0. The summed E-state index contributed by atoms with van der Waals surface area (Å²) >= 11 is 1.06. The molecule has 0 N–H and O–H groups in total. The van der Waals surface area contributed by atoms with Crippen LogP contribution < -0.4 is 24.8 Å². The standard InChI is InChI=1S/C5H5.C3H3As2.2ClH.Zr/c2*1-2-4-5-3-1;;;/h1-3H,4H2;1-2,4H;2*1H;/q2*-1;;;+4/p-2. The van der Waals surface area contributed by atoms with Crippen LogP contribution >= 0.6 is 0 Å². The van der Waals surface area contributed by atoms with Crippen LogP contribution in [0.5, 0.6) is 0 Å². The molecule has 0 spiro atoms. The first-order valence-electron chi connectivity index (χ1n) is 3.08. The fraction of sp³-hybridized carbons (Fsp3) is 0.125. The largest absolute Gasteiger partial charge is 4.00 e. The predicted octanol–water partition coefficient (Wildman–Crippen LogP) is -5.44. The Labute approximate surface area is 123 Å². The van der Waals surface area contributed by atoms with Crippen molar-refractivity contribution in [1.82, 2.24) is 0 Å². The van der Waals surface area contributed by atoms with Crippen molar-refractivity contribution >= 4 is 31.7 Å². The third kappa shape index (κ3) is 13.7. The number of allylic oxidation sites excluding steroid dienone is 5. The Morgan fingerprint density at radius 1 is 1.31 bits per heavy atom. The minimum Gasteiger partial charge on any atom is -1.00 e. The Balaban J connectivity index is -0.000000125. The van der Waals surface area contributed by atoms with Crippen molar-refractivity contribution in [3.63, 3.8) is 0 Å². The molecule has 5 heteroatoms. The van der Waals surface area contributed by atoms with Crippen molar-refractivity contribution in [3.8, 4) is 0 Å². The summed E-state index contributed by atoms with van der Waals surface area (Å²) in [6, 6.07) is 0. The van der Waals surface area contributed by atoms with Crippen LogP contribution in [0.4, 0.5) is 0 Å². The minimum atomic E-state index is 0. The molecule has 0 aromatic carbocycles. The predicted molar refractivity (Wildman–Crippen MR) is 48.6 cm³/mol. The van der Waals surface area contributed by atoms with E-state index in [0.717, 1.165) is 6.42 Å². The van der Waals surface area contributed by atoms with E-state index >= 15 is 0 Å². The molecule has 1 aliphatic heterocycles. The molecule has 1 atom stereocenters. The first-order valence-corrected chi connectivity index (χ1v) is 11.0. The molecule has 0 aromatic heterocycles. The summed E-state index contributed by atoms with van der Waals surface area (Å²) in [6.07, 6.45) is 12.1. The van der Waals surface area contributed by atoms with E-state index in [1.54, 1.807) is 0 Å². The van der Waals surface area contributed by atoms with Crippen molar-refractivity contribution in [2.45, 2.75) is 6.42 Å². The summed E-state index contributed by atoms with van der Waals surface area (Å²) < 4.78 is 0. The molecule has 0 saturated carbocycles. The quantitative estimate of drug-likeness (QED) is 0.273. The zero-order chi connectivity index (χ0) is 7.07. The molecule has 0 bridgehead atoms. The fourth-order valence-electron chi connectivity index (χ4n) is 0.527. The van der Waals surface area contributed by atoms with Gasteiger partial charge >= 0.3 is 68.9 Å². The van der Waals surface area contributed by atoms with Gasteiger partial charge in [0.2, 0.25) is 0 Å². The average molecular weight is 416 g/mol. The van der Waals surface area contributed by atoms with Gasteiger partial charge in [-0.15, -0.1) is 6.42 Å². The smallest absolute Gasteiger partial charge is 1.00 e. The van der Waals surface area contributed by atoms with Gasteiger partial charge in [-0.3, -0.25) is 6.08 Å². The van der Waals surface area contributed by atoms with Gasteiger partial charge in [-0.2, -0.15) is 6.08 Å². The zero-order valence-electron chi connectivity index (χ0n) is 6.80. The monoisotopic (exact) mass is 414 g/mol. The van der Waals surface area contributed by atoms with E-state index in [9.17, 15) is 0 Å². The second-order valence-corrected chi connectivity index (χ2v) is 9.21. The fourth-order valence-corrected chi connectivity index (χ4v) is 5.37. The SMILES string of the molecule is [C-]1=CC=CC1.[C-]1=[As][AsH]C=C1.[Cl-].[Cl-].[Zr+4]. The molecule has 0 radical (unpaired) electrons. The van der Waals surface area contributed by atoms with Crippen LogP contribution in [0.2, 0.25) is 0 Å². The van der Waals surface area contributed by atoms with Gasteiger partial charge in [-0.1, -0.05) is 0 Å². The Morgan fingerprint density at radius 2 is 2.08 bits per heavy atom. The van der Waals surface area contributed by atoms with Crippen molar-refractivity contribution < 1.29 is 51.0 Å². The molecule has 0 saturated heterocycles. The Hall–Kier alpha value is 1.67. The topological polar surface area (TPSA) is 0 Å². The first kappa shape index (κ1) is 20.1. The number of hydrogen-bond donors (Lipinski definition) is 0. The Bertz CT molecular complexity index is 158. The van der Waals surface area contributed by atoms with Crippen LogP contribution in [-0.4, -0.2) is 31.7 Å². The van der Waals surface area contributed by atoms with Gasteiger partial charge in [0.15, 0.2) is 0 Å². The van der Waals surface area contributed by atoms with E-state index in [4.69, 9.17) is 0 Å². The van der Waals surface area contributed by atoms with Gasteiger partial charge in [0, 0.05) is 0 Å². The summed E-state index contributed by atoms with van der Waals surface area (Å²) in [4.78, 5) is 5.48. The molecule has 0 amide bonds. The third-order valence-corrected chi connectivity index (χ3v) is 6.90. The van der Waals surface area contributed by atoms with Gasteiger partial charge in [-0.05, 0) is 0 Å². The maximum Gasteiger partial charge on any atom is 4.00 e. The molecule has 2 rings (SSSR count). The van der Waals surface area contributed by atoms with E-state index in [1.807, 2.05) is 12.2 Å². The summed E-state index contributed by atoms with van der Waals surface area (Å²) in [6.45, 7) is 0. The molecule has 68 valence electrons. The van der Waals surface area contributed by atoms with Gasteiger partial charge in [0.25, 0.3) is 0 Å². The molecular weight excluding hydrogens is 408 g/mol. The summed E-state index contributed by atoms with van der Waals surface area (Å²) in [5.41, 5.74) is 0. The maximum atomic E-state index is 3.19. The van der Waals surface area contributed by atoms with Crippen LogP contribution in [-0.2, 0) is 26.2 Å². The van der Waals surface area contributed by atoms with Crippen molar-refractivity contribution in [2.24, 2.45) is 0 Å². The number of halogens is 2. The van der Waals surface area contributed by atoms with Crippen molar-refractivity contribution in [1.29, 1.82) is 0 Å². The summed E-state index contributed by atoms with van der Waals surface area (Å²) in [7, 11) is 0. The second-order valence-electron chi connectivity index (χ2n) is 1.71. The molecular formula is C8H8As2Cl2Zr. The summed E-state index contributed by atoms with van der Waals surface area (Å²) in [5, 5.41) is 0. The van der Waals surface area contributed by atoms with Crippen LogP contribution in [0, 0.1) is 6.08 Å². The van der Waals surface area contributed by atoms with Crippen molar-refractivity contribution in [3.05, 3.63) is 35.2 Å². The third-order valence-electron chi connectivity index (χ3n) is 0.947. The Morgan fingerprint density at radius 3 is 2.23 bits per heavy atom. The molecule has 13 heavy (non-hydrogen) atoms. The maximum absolute atomic E-state index is 3.19. The van der Waals surface area contributed by atoms with Crippen LogP contribution in [0.3, 0.4) is 0 Å². The van der Waals surface area contributed by atoms with Crippen LogP contribution in [0.15, 0.2) is 29.2 Å². The van der Waals surface area contributed by atoms with Gasteiger partial charge in [0.05, 0.1) is 0 Å². The van der Waals surface area contributed by atoms with Gasteiger partial charge in [0.1, 0.15) is 0 Å². The van der Waals surface area contributed by atoms with E-state index < -0.39 is 0 Å². The van der Waals surface area contributed by atoms with Crippen LogP contribution in [0.1, 0.15) is 6.42 Å². The van der Waals surface area contributed by atoms with Crippen molar-refractivity contribution in [2.75, 3.05) is 0 Å². The normalized spacial score (nSPS) is 16.6. The van der Waals surface area contributed by atoms with E-state index in [-0.39, 0.29) is 51.0 Å². The molecule has 2 aliphatic rings. The van der Waals surface area contributed by atoms with Gasteiger partial charge in [-0.25, -0.2) is 12.2 Å². The van der Waals surface area contributed by atoms with Crippen LogP contribution in [0.25, 0.3) is 0 Å².